The summed E-state index contributed by atoms with van der Waals surface area (Å²) in [7, 11) is 0. The van der Waals surface area contributed by atoms with Gasteiger partial charge in [0.05, 0.1) is 0 Å². The first-order valence-electron chi connectivity index (χ1n) is 5.09. The molecule has 1 aromatic heterocycles. The molecule has 0 spiro atoms. The Balaban J connectivity index is 2.02. The fraction of sp³-hybridized carbons (Fsp3) is 0.600. The molecule has 3 nitrogen and oxygen atoms in total. The molecule has 0 aromatic carbocycles. The van der Waals surface area contributed by atoms with Gasteiger partial charge in [0.25, 0.3) is 0 Å². The molecule has 1 aliphatic rings. The van der Waals surface area contributed by atoms with Crippen LogP contribution in [0.4, 0.5) is 5.95 Å². The molecule has 15 heavy (non-hydrogen) atoms. The van der Waals surface area contributed by atoms with Crippen LogP contribution in [0.1, 0.15) is 18.5 Å². The minimum absolute atomic E-state index is 0.525. The molecule has 2 rings (SSSR count). The average molecular weight is 288 g/mol. The predicted octanol–water partition coefficient (Wildman–Crippen LogP) is 2.86. The lowest BCUT2D eigenvalue weighted by Gasteiger charge is -2.22. The number of aryl methyl sites for hydroxylation is 1. The first-order chi connectivity index (χ1) is 7.24. The number of aromatic nitrogens is 2. The highest BCUT2D eigenvalue weighted by Gasteiger charge is 2.14. The highest BCUT2D eigenvalue weighted by molar-refractivity contribution is 9.10. The number of rotatable bonds is 2. The summed E-state index contributed by atoms with van der Waals surface area (Å²) in [4.78, 5) is 8.68. The van der Waals surface area contributed by atoms with Crippen molar-refractivity contribution >= 4 is 33.6 Å². The van der Waals surface area contributed by atoms with Gasteiger partial charge in [-0.15, -0.1) is 0 Å². The third kappa shape index (κ3) is 3.34. The Morgan fingerprint density at radius 2 is 2.40 bits per heavy atom. The van der Waals surface area contributed by atoms with Crippen molar-refractivity contribution in [2.24, 2.45) is 0 Å². The summed E-state index contributed by atoms with van der Waals surface area (Å²) < 4.78 is 0.848. The Morgan fingerprint density at radius 1 is 1.53 bits per heavy atom. The lowest BCUT2D eigenvalue weighted by molar-refractivity contribution is 0.678. The van der Waals surface area contributed by atoms with Crippen molar-refractivity contribution in [3.05, 3.63) is 16.4 Å². The molecule has 1 N–H and O–H groups in total. The van der Waals surface area contributed by atoms with Crippen molar-refractivity contribution < 1.29 is 0 Å². The lowest BCUT2D eigenvalue weighted by atomic mass is 10.2. The highest BCUT2D eigenvalue weighted by atomic mass is 79.9. The third-order valence-electron chi connectivity index (χ3n) is 2.32. The van der Waals surface area contributed by atoms with Crippen molar-refractivity contribution in [3.8, 4) is 0 Å². The Bertz CT molecular complexity index is 319. The molecule has 0 saturated carbocycles. The highest BCUT2D eigenvalue weighted by Crippen LogP contribution is 2.20. The van der Waals surface area contributed by atoms with Crippen LogP contribution < -0.4 is 5.32 Å². The molecular formula is C10H14BrN3S. The molecule has 1 atom stereocenters. The molecule has 0 radical (unpaired) electrons. The number of anilines is 1. The number of thioether (sulfide) groups is 1. The predicted molar refractivity (Wildman–Crippen MR) is 68.4 cm³/mol. The van der Waals surface area contributed by atoms with Crippen molar-refractivity contribution in [3.63, 3.8) is 0 Å². The van der Waals surface area contributed by atoms with Crippen LogP contribution >= 0.6 is 27.7 Å². The van der Waals surface area contributed by atoms with Gasteiger partial charge >= 0.3 is 0 Å². The Morgan fingerprint density at radius 3 is 3.07 bits per heavy atom. The van der Waals surface area contributed by atoms with E-state index in [2.05, 4.69) is 31.2 Å². The summed E-state index contributed by atoms with van der Waals surface area (Å²) in [6, 6.07) is 2.44. The third-order valence-corrected chi connectivity index (χ3v) is 3.94. The summed E-state index contributed by atoms with van der Waals surface area (Å²) in [6.07, 6.45) is 2.51. The minimum atomic E-state index is 0.525. The van der Waals surface area contributed by atoms with E-state index in [1.54, 1.807) is 0 Å². The summed E-state index contributed by atoms with van der Waals surface area (Å²) in [6.45, 7) is 1.98. The van der Waals surface area contributed by atoms with E-state index in [0.29, 0.717) is 6.04 Å². The van der Waals surface area contributed by atoms with Crippen LogP contribution in [0, 0.1) is 6.92 Å². The van der Waals surface area contributed by atoms with Crippen LogP contribution in [0.2, 0.25) is 0 Å². The average Bonchev–Trinajstić information content (AvgIpc) is 2.17. The van der Waals surface area contributed by atoms with E-state index in [-0.39, 0.29) is 0 Å². The minimum Gasteiger partial charge on any atom is -0.351 e. The standard InChI is InChI=1S/C10H14BrN3S/c1-7-5-9(11)14-10(12-7)13-8-3-2-4-15-6-8/h5,8H,2-4,6H2,1H3,(H,12,13,14). The van der Waals surface area contributed by atoms with E-state index in [1.807, 2.05) is 24.8 Å². The first kappa shape index (κ1) is 11.2. The van der Waals surface area contributed by atoms with Gasteiger partial charge < -0.3 is 5.32 Å². The Hall–Kier alpha value is -0.290. The second-order valence-electron chi connectivity index (χ2n) is 3.71. The summed E-state index contributed by atoms with van der Waals surface area (Å²) in [5.74, 6) is 3.19. The second kappa shape index (κ2) is 5.16. The van der Waals surface area contributed by atoms with Crippen LogP contribution in [0.5, 0.6) is 0 Å². The van der Waals surface area contributed by atoms with Gasteiger partial charge in [0, 0.05) is 17.5 Å². The Labute approximate surface area is 103 Å². The van der Waals surface area contributed by atoms with Gasteiger partial charge in [0.2, 0.25) is 5.95 Å². The van der Waals surface area contributed by atoms with E-state index >= 15 is 0 Å². The molecule has 1 aromatic rings. The van der Waals surface area contributed by atoms with E-state index < -0.39 is 0 Å². The van der Waals surface area contributed by atoms with Crippen LogP contribution in [-0.4, -0.2) is 27.5 Å². The number of halogens is 1. The van der Waals surface area contributed by atoms with E-state index in [1.165, 1.54) is 18.6 Å². The van der Waals surface area contributed by atoms with Crippen molar-refractivity contribution in [2.75, 3.05) is 16.8 Å². The zero-order valence-electron chi connectivity index (χ0n) is 8.66. The maximum Gasteiger partial charge on any atom is 0.224 e. The molecular weight excluding hydrogens is 274 g/mol. The maximum absolute atomic E-state index is 4.37. The largest absolute Gasteiger partial charge is 0.351 e. The zero-order valence-corrected chi connectivity index (χ0v) is 11.1. The molecule has 1 saturated heterocycles. The summed E-state index contributed by atoms with van der Waals surface area (Å²) in [5.41, 5.74) is 0.989. The van der Waals surface area contributed by atoms with Crippen LogP contribution in [0.3, 0.4) is 0 Å². The number of nitrogens with one attached hydrogen (secondary N) is 1. The second-order valence-corrected chi connectivity index (χ2v) is 5.68. The van der Waals surface area contributed by atoms with Crippen molar-refractivity contribution in [1.29, 1.82) is 0 Å². The number of nitrogens with zero attached hydrogens (tertiary/aromatic N) is 2. The molecule has 1 unspecified atom stereocenters. The Kier molecular flexibility index (Phi) is 3.86. The molecule has 2 heterocycles. The van der Waals surface area contributed by atoms with Crippen LogP contribution in [0.25, 0.3) is 0 Å². The van der Waals surface area contributed by atoms with Gasteiger partial charge in [-0.2, -0.15) is 11.8 Å². The monoisotopic (exact) mass is 287 g/mol. The quantitative estimate of drug-likeness (QED) is 0.849. The molecule has 5 heteroatoms. The summed E-state index contributed by atoms with van der Waals surface area (Å²) in [5, 5.41) is 3.39. The van der Waals surface area contributed by atoms with Crippen LogP contribution in [-0.2, 0) is 0 Å². The van der Waals surface area contributed by atoms with Gasteiger partial charge in [0.15, 0.2) is 0 Å². The molecule has 1 fully saturated rings. The van der Waals surface area contributed by atoms with Crippen molar-refractivity contribution in [2.45, 2.75) is 25.8 Å². The van der Waals surface area contributed by atoms with Gasteiger partial charge in [-0.05, 0) is 47.5 Å². The van der Waals surface area contributed by atoms with Gasteiger partial charge in [-0.1, -0.05) is 0 Å². The molecule has 82 valence electrons. The lowest BCUT2D eigenvalue weighted by Crippen LogP contribution is -2.26. The van der Waals surface area contributed by atoms with Gasteiger partial charge in [0.1, 0.15) is 4.60 Å². The molecule has 0 amide bonds. The number of hydrogen-bond acceptors (Lipinski definition) is 4. The molecule has 0 bridgehead atoms. The maximum atomic E-state index is 4.37. The van der Waals surface area contributed by atoms with Crippen molar-refractivity contribution in [1.82, 2.24) is 9.97 Å². The van der Waals surface area contributed by atoms with Gasteiger partial charge in [-0.3, -0.25) is 0 Å². The normalized spacial score (nSPS) is 21.3. The van der Waals surface area contributed by atoms with E-state index in [9.17, 15) is 0 Å². The van der Waals surface area contributed by atoms with Crippen LogP contribution in [0.15, 0.2) is 10.7 Å². The SMILES string of the molecule is Cc1cc(Br)nc(NC2CCCSC2)n1. The topological polar surface area (TPSA) is 37.8 Å². The zero-order chi connectivity index (χ0) is 10.7. The van der Waals surface area contributed by atoms with E-state index in [4.69, 9.17) is 0 Å². The fourth-order valence-corrected chi connectivity index (χ4v) is 3.20. The smallest absolute Gasteiger partial charge is 0.224 e. The first-order valence-corrected chi connectivity index (χ1v) is 7.04. The van der Waals surface area contributed by atoms with E-state index in [0.717, 1.165) is 22.0 Å². The number of hydrogen-bond donors (Lipinski definition) is 1. The molecule has 0 aliphatic carbocycles. The van der Waals surface area contributed by atoms with Gasteiger partial charge in [-0.25, -0.2) is 9.97 Å². The summed E-state index contributed by atoms with van der Waals surface area (Å²) >= 11 is 5.38. The fourth-order valence-electron chi connectivity index (χ4n) is 1.63. The molecule has 1 aliphatic heterocycles.